The van der Waals surface area contributed by atoms with Gasteiger partial charge < -0.3 is 44.2 Å². The van der Waals surface area contributed by atoms with Gasteiger partial charge in [0.05, 0.1) is 13.2 Å². The first-order valence-corrected chi connectivity index (χ1v) is 9.74. The Kier molecular flexibility index (Phi) is 5.70. The zero-order valence-electron chi connectivity index (χ0n) is 17.1. The Morgan fingerprint density at radius 2 is 1.62 bits per heavy atom. The van der Waals surface area contributed by atoms with Crippen LogP contribution in [0.5, 0.6) is 23.0 Å². The monoisotopic (exact) mass is 446 g/mol. The lowest BCUT2D eigenvalue weighted by Crippen LogP contribution is -2.58. The molecule has 0 saturated carbocycles. The summed E-state index contributed by atoms with van der Waals surface area (Å²) < 4.78 is 21.7. The van der Waals surface area contributed by atoms with Crippen LogP contribution in [0, 0.1) is 0 Å². The normalized spacial score (nSPS) is 25.6. The van der Waals surface area contributed by atoms with Crippen LogP contribution in [0.25, 0.3) is 22.3 Å². The molecule has 2 aromatic carbocycles. The van der Waals surface area contributed by atoms with Crippen molar-refractivity contribution in [2.75, 3.05) is 7.11 Å². The van der Waals surface area contributed by atoms with Crippen LogP contribution in [0.1, 0.15) is 6.92 Å². The number of benzene rings is 2. The van der Waals surface area contributed by atoms with Gasteiger partial charge in [0.15, 0.2) is 16.9 Å². The molecule has 0 bridgehead atoms. The topological polar surface area (TPSA) is 159 Å². The van der Waals surface area contributed by atoms with E-state index in [1.54, 1.807) is 24.3 Å². The van der Waals surface area contributed by atoms with Crippen molar-refractivity contribution >= 4 is 11.0 Å². The molecule has 1 aromatic heterocycles. The van der Waals surface area contributed by atoms with E-state index in [9.17, 15) is 30.3 Å². The third-order valence-corrected chi connectivity index (χ3v) is 5.36. The first kappa shape index (κ1) is 21.9. The van der Waals surface area contributed by atoms with Crippen LogP contribution < -0.4 is 14.9 Å². The maximum absolute atomic E-state index is 12.6. The van der Waals surface area contributed by atoms with Crippen molar-refractivity contribution in [3.63, 3.8) is 0 Å². The fourth-order valence-electron chi connectivity index (χ4n) is 3.49. The number of fused-ring (bicyclic) bond motifs is 1. The van der Waals surface area contributed by atoms with Crippen LogP contribution >= 0.6 is 0 Å². The number of ether oxygens (including phenoxy) is 3. The number of aliphatic hydroxyl groups excluding tert-OH is 3. The molecule has 170 valence electrons. The minimum Gasteiger partial charge on any atom is -0.504 e. The first-order chi connectivity index (χ1) is 15.2. The van der Waals surface area contributed by atoms with Crippen molar-refractivity contribution < 1.29 is 44.2 Å². The zero-order chi connectivity index (χ0) is 23.2. The van der Waals surface area contributed by atoms with Gasteiger partial charge in [-0.25, -0.2) is 0 Å². The highest BCUT2D eigenvalue weighted by atomic mass is 16.7. The molecule has 5 N–H and O–H groups in total. The zero-order valence-corrected chi connectivity index (χ0v) is 17.1. The van der Waals surface area contributed by atoms with Crippen LogP contribution in [0.15, 0.2) is 45.6 Å². The Morgan fingerprint density at radius 1 is 0.938 bits per heavy atom. The predicted octanol–water partition coefficient (Wildman–Crippen LogP) is 1.09. The molecule has 32 heavy (non-hydrogen) atoms. The molecule has 10 heteroatoms. The van der Waals surface area contributed by atoms with Gasteiger partial charge in [0.2, 0.25) is 12.0 Å². The predicted molar refractivity (Wildman–Crippen MR) is 111 cm³/mol. The molecule has 1 aliphatic rings. The van der Waals surface area contributed by atoms with Crippen LogP contribution in [-0.2, 0) is 4.74 Å². The fraction of sp³-hybridized carbons (Fsp3) is 0.318. The van der Waals surface area contributed by atoms with Gasteiger partial charge in [-0.05, 0) is 31.2 Å². The van der Waals surface area contributed by atoms with Crippen molar-refractivity contribution in [2.24, 2.45) is 0 Å². The summed E-state index contributed by atoms with van der Waals surface area (Å²) >= 11 is 0. The Labute approximate surface area is 181 Å². The quantitative estimate of drug-likeness (QED) is 0.367. The number of phenols is 2. The lowest BCUT2D eigenvalue weighted by molar-refractivity contribution is -0.268. The Bertz CT molecular complexity index is 1190. The van der Waals surface area contributed by atoms with Crippen molar-refractivity contribution in [1.82, 2.24) is 0 Å². The van der Waals surface area contributed by atoms with Crippen LogP contribution in [0.4, 0.5) is 0 Å². The van der Waals surface area contributed by atoms with E-state index in [4.69, 9.17) is 18.6 Å². The number of methoxy groups -OCH3 is 1. The van der Waals surface area contributed by atoms with Crippen molar-refractivity contribution in [2.45, 2.75) is 37.6 Å². The number of rotatable bonds is 4. The van der Waals surface area contributed by atoms with Crippen LogP contribution in [0.3, 0.4) is 0 Å². The Balaban J connectivity index is 1.75. The summed E-state index contributed by atoms with van der Waals surface area (Å²) in [5.74, 6) is -1.09. The van der Waals surface area contributed by atoms with Crippen LogP contribution in [-0.4, -0.2) is 63.3 Å². The highest BCUT2D eigenvalue weighted by Crippen LogP contribution is 2.42. The molecule has 0 unspecified atom stereocenters. The van der Waals surface area contributed by atoms with Gasteiger partial charge in [-0.2, -0.15) is 0 Å². The summed E-state index contributed by atoms with van der Waals surface area (Å²) in [6, 6.07) is 9.08. The molecule has 0 spiro atoms. The second kappa shape index (κ2) is 8.32. The molecule has 2 heterocycles. The van der Waals surface area contributed by atoms with Crippen molar-refractivity contribution in [3.05, 3.63) is 46.6 Å². The van der Waals surface area contributed by atoms with E-state index < -0.39 is 47.6 Å². The van der Waals surface area contributed by atoms with Gasteiger partial charge in [0, 0.05) is 17.7 Å². The van der Waals surface area contributed by atoms with E-state index in [2.05, 4.69) is 0 Å². The number of aromatic hydroxyl groups is 2. The van der Waals surface area contributed by atoms with Gasteiger partial charge in [-0.3, -0.25) is 4.79 Å². The Morgan fingerprint density at radius 3 is 2.28 bits per heavy atom. The summed E-state index contributed by atoms with van der Waals surface area (Å²) in [5, 5.41) is 50.4. The van der Waals surface area contributed by atoms with Crippen molar-refractivity contribution in [1.29, 1.82) is 0 Å². The minimum atomic E-state index is -1.64. The first-order valence-electron chi connectivity index (χ1n) is 9.74. The number of hydrogen-bond donors (Lipinski definition) is 5. The van der Waals surface area contributed by atoms with Gasteiger partial charge in [-0.15, -0.1) is 0 Å². The Hall–Kier alpha value is -3.31. The van der Waals surface area contributed by atoms with E-state index in [1.165, 1.54) is 20.1 Å². The van der Waals surface area contributed by atoms with Gasteiger partial charge in [-0.1, -0.05) is 0 Å². The smallest absolute Gasteiger partial charge is 0.229 e. The second-order valence-corrected chi connectivity index (χ2v) is 7.45. The van der Waals surface area contributed by atoms with E-state index in [0.717, 1.165) is 6.07 Å². The average Bonchev–Trinajstić information content (AvgIpc) is 2.78. The van der Waals surface area contributed by atoms with E-state index in [0.29, 0.717) is 11.3 Å². The van der Waals surface area contributed by atoms with E-state index in [-0.39, 0.29) is 22.5 Å². The molecule has 1 saturated heterocycles. The molecule has 1 fully saturated rings. The maximum Gasteiger partial charge on any atom is 0.229 e. The standard InChI is InChI=1S/C22H22O10/c1-9-17(24)20(27)21(28)22(30-9)32-15-8-14-16(19(26)18(15)25)12(23)7-13(31-14)10-3-5-11(29-2)6-4-10/h3-9,17,20-22,24-28H,1-2H3/t9-,17-,20-,21-,22-/m0/s1. The molecule has 5 atom stereocenters. The SMILES string of the molecule is COc1ccc(-c2cc(=O)c3c(O)c(O)c(O[C@@H]4O[C@@H](C)[C@H](O)[C@H](O)[C@@H]4O)cc3o2)cc1. The van der Waals surface area contributed by atoms with E-state index in [1.807, 2.05) is 0 Å². The highest BCUT2D eigenvalue weighted by molar-refractivity contribution is 5.89. The molecule has 4 rings (SSSR count). The molecule has 0 amide bonds. The summed E-state index contributed by atoms with van der Waals surface area (Å²) in [7, 11) is 1.52. The average molecular weight is 446 g/mol. The molecule has 10 nitrogen and oxygen atoms in total. The molecule has 0 aliphatic carbocycles. The molecule has 3 aromatic rings. The van der Waals surface area contributed by atoms with E-state index >= 15 is 0 Å². The minimum absolute atomic E-state index is 0.0902. The molecular formula is C22H22O10. The summed E-state index contributed by atoms with van der Waals surface area (Å²) in [5.41, 5.74) is -0.123. The highest BCUT2D eigenvalue weighted by Gasteiger charge is 2.43. The summed E-state index contributed by atoms with van der Waals surface area (Å²) in [6.45, 7) is 1.47. The molecule has 1 aliphatic heterocycles. The lowest BCUT2D eigenvalue weighted by Gasteiger charge is -2.38. The number of hydrogen-bond acceptors (Lipinski definition) is 10. The largest absolute Gasteiger partial charge is 0.504 e. The van der Waals surface area contributed by atoms with Crippen molar-refractivity contribution in [3.8, 4) is 34.3 Å². The fourth-order valence-corrected chi connectivity index (χ4v) is 3.49. The molecule has 0 radical (unpaired) electrons. The third kappa shape index (κ3) is 3.73. The summed E-state index contributed by atoms with van der Waals surface area (Å²) in [4.78, 5) is 12.6. The second-order valence-electron chi connectivity index (χ2n) is 7.45. The number of phenolic OH excluding ortho intramolecular Hbond substituents is 2. The molecular weight excluding hydrogens is 424 g/mol. The lowest BCUT2D eigenvalue weighted by atomic mass is 10.00. The van der Waals surface area contributed by atoms with Gasteiger partial charge in [0.25, 0.3) is 0 Å². The van der Waals surface area contributed by atoms with Gasteiger partial charge >= 0.3 is 0 Å². The maximum atomic E-state index is 12.6. The number of aliphatic hydroxyl groups is 3. The van der Waals surface area contributed by atoms with Gasteiger partial charge in [0.1, 0.15) is 40.8 Å². The third-order valence-electron chi connectivity index (χ3n) is 5.36. The van der Waals surface area contributed by atoms with Crippen LogP contribution in [0.2, 0.25) is 0 Å². The summed E-state index contributed by atoms with van der Waals surface area (Å²) in [6.07, 6.45) is -6.89.